The van der Waals surface area contributed by atoms with Crippen molar-refractivity contribution in [3.05, 3.63) is 29.3 Å². The molecule has 0 aliphatic carbocycles. The molecule has 0 fully saturated rings. The molecule has 0 aliphatic rings. The van der Waals surface area contributed by atoms with Gasteiger partial charge in [0.15, 0.2) is 6.79 Å². The van der Waals surface area contributed by atoms with Crippen LogP contribution in [0.1, 0.15) is 11.1 Å². The summed E-state index contributed by atoms with van der Waals surface area (Å²) in [6.45, 7) is 2.15. The zero-order valence-corrected chi connectivity index (χ0v) is 8.23. The number of hydrogen-bond acceptors (Lipinski definition) is 4. The first kappa shape index (κ1) is 10.5. The van der Waals surface area contributed by atoms with Crippen molar-refractivity contribution in [1.29, 1.82) is 0 Å². The highest BCUT2D eigenvalue weighted by Crippen LogP contribution is 2.18. The van der Waals surface area contributed by atoms with Crippen LogP contribution in [0, 0.1) is 6.92 Å². The predicted octanol–water partition coefficient (Wildman–Crippen LogP) is 1.79. The van der Waals surface area contributed by atoms with Gasteiger partial charge in [-0.1, -0.05) is 5.16 Å². The number of aryl methyl sites for hydroxylation is 1. The fraction of sp³-hybridized carbons (Fsp3) is 0.300. The second kappa shape index (κ2) is 5.24. The average Bonchev–Trinajstić information content (AvgIpc) is 2.17. The maximum absolute atomic E-state index is 8.34. The lowest BCUT2D eigenvalue weighted by Crippen LogP contribution is -2.00. The molecule has 1 rings (SSSR count). The number of oxime groups is 1. The monoisotopic (exact) mass is 195 g/mol. The number of hydrogen-bond donors (Lipinski definition) is 1. The minimum atomic E-state index is 0.230. The van der Waals surface area contributed by atoms with E-state index in [2.05, 4.69) is 5.16 Å². The van der Waals surface area contributed by atoms with Crippen LogP contribution in [0.25, 0.3) is 0 Å². The summed E-state index contributed by atoms with van der Waals surface area (Å²) in [5.41, 5.74) is 1.80. The topological polar surface area (TPSA) is 51.0 Å². The Morgan fingerprint density at radius 1 is 1.50 bits per heavy atom. The van der Waals surface area contributed by atoms with E-state index in [0.717, 1.165) is 16.9 Å². The number of rotatable bonds is 4. The van der Waals surface area contributed by atoms with Gasteiger partial charge in [0.2, 0.25) is 0 Å². The second-order valence-electron chi connectivity index (χ2n) is 2.82. The van der Waals surface area contributed by atoms with Crippen molar-refractivity contribution >= 4 is 6.21 Å². The Morgan fingerprint density at radius 2 is 2.29 bits per heavy atom. The molecule has 0 saturated heterocycles. The van der Waals surface area contributed by atoms with Gasteiger partial charge < -0.3 is 14.7 Å². The van der Waals surface area contributed by atoms with Gasteiger partial charge >= 0.3 is 0 Å². The van der Waals surface area contributed by atoms with Gasteiger partial charge in [-0.2, -0.15) is 0 Å². The van der Waals surface area contributed by atoms with Gasteiger partial charge in [0.1, 0.15) is 5.75 Å². The Hall–Kier alpha value is -1.55. The molecule has 4 nitrogen and oxygen atoms in total. The van der Waals surface area contributed by atoms with Crippen molar-refractivity contribution in [2.45, 2.75) is 6.92 Å². The first-order valence-corrected chi connectivity index (χ1v) is 4.17. The summed E-state index contributed by atoms with van der Waals surface area (Å²) < 4.78 is 10.1. The SMILES string of the molecule is COCOc1ccc(/C=N/O)cc1C. The van der Waals surface area contributed by atoms with E-state index in [-0.39, 0.29) is 6.79 Å². The number of ether oxygens (including phenoxy) is 2. The smallest absolute Gasteiger partial charge is 0.188 e. The number of methoxy groups -OCH3 is 1. The lowest BCUT2D eigenvalue weighted by molar-refractivity contribution is 0.0506. The Bertz CT molecular complexity index is 323. The zero-order valence-electron chi connectivity index (χ0n) is 8.23. The second-order valence-corrected chi connectivity index (χ2v) is 2.82. The molecule has 0 atom stereocenters. The average molecular weight is 195 g/mol. The first-order chi connectivity index (χ1) is 6.77. The molecular formula is C10H13NO3. The molecule has 0 bridgehead atoms. The number of nitrogens with zero attached hydrogens (tertiary/aromatic N) is 1. The van der Waals surface area contributed by atoms with Gasteiger partial charge in [-0.15, -0.1) is 0 Å². The third-order valence-corrected chi connectivity index (χ3v) is 1.74. The fourth-order valence-electron chi connectivity index (χ4n) is 1.10. The van der Waals surface area contributed by atoms with E-state index in [1.165, 1.54) is 6.21 Å². The van der Waals surface area contributed by atoms with Gasteiger partial charge in [0, 0.05) is 7.11 Å². The highest BCUT2D eigenvalue weighted by Gasteiger charge is 1.99. The van der Waals surface area contributed by atoms with Crippen molar-refractivity contribution in [3.8, 4) is 5.75 Å². The lowest BCUT2D eigenvalue weighted by atomic mass is 10.1. The van der Waals surface area contributed by atoms with Crippen LogP contribution in [0.4, 0.5) is 0 Å². The maximum Gasteiger partial charge on any atom is 0.188 e. The molecule has 76 valence electrons. The van der Waals surface area contributed by atoms with E-state index in [0.29, 0.717) is 0 Å². The third-order valence-electron chi connectivity index (χ3n) is 1.74. The maximum atomic E-state index is 8.34. The van der Waals surface area contributed by atoms with Crippen molar-refractivity contribution in [2.75, 3.05) is 13.9 Å². The minimum Gasteiger partial charge on any atom is -0.467 e. The van der Waals surface area contributed by atoms with Crippen LogP contribution < -0.4 is 4.74 Å². The summed E-state index contributed by atoms with van der Waals surface area (Å²) in [7, 11) is 1.57. The van der Waals surface area contributed by atoms with Crippen LogP contribution in [0.2, 0.25) is 0 Å². The van der Waals surface area contributed by atoms with Gasteiger partial charge in [-0.3, -0.25) is 0 Å². The van der Waals surface area contributed by atoms with E-state index in [1.54, 1.807) is 13.2 Å². The summed E-state index contributed by atoms with van der Waals surface area (Å²) in [6, 6.07) is 5.48. The summed E-state index contributed by atoms with van der Waals surface area (Å²) in [5, 5.41) is 11.3. The Kier molecular flexibility index (Phi) is 3.94. The Morgan fingerprint density at radius 3 is 2.86 bits per heavy atom. The summed E-state index contributed by atoms with van der Waals surface area (Å²) in [6.07, 6.45) is 1.37. The molecule has 0 unspecified atom stereocenters. The molecular weight excluding hydrogens is 182 g/mol. The summed E-state index contributed by atoms with van der Waals surface area (Å²) >= 11 is 0. The largest absolute Gasteiger partial charge is 0.467 e. The summed E-state index contributed by atoms with van der Waals surface area (Å²) in [4.78, 5) is 0. The molecule has 0 spiro atoms. The highest BCUT2D eigenvalue weighted by molar-refractivity contribution is 5.79. The van der Waals surface area contributed by atoms with E-state index >= 15 is 0 Å². The molecule has 4 heteroatoms. The quantitative estimate of drug-likeness (QED) is 0.345. The van der Waals surface area contributed by atoms with E-state index in [4.69, 9.17) is 14.7 Å². The molecule has 0 radical (unpaired) electrons. The van der Waals surface area contributed by atoms with E-state index < -0.39 is 0 Å². The third kappa shape index (κ3) is 2.74. The molecule has 0 aliphatic heterocycles. The molecule has 1 aromatic carbocycles. The Labute approximate surface area is 82.8 Å². The van der Waals surface area contributed by atoms with Crippen LogP contribution in [0.15, 0.2) is 23.4 Å². The standard InChI is InChI=1S/C10H13NO3/c1-8-5-9(6-11-12)3-4-10(8)14-7-13-2/h3-6,12H,7H2,1-2H3/b11-6+. The van der Waals surface area contributed by atoms with Gasteiger partial charge in [-0.05, 0) is 36.2 Å². The van der Waals surface area contributed by atoms with Gasteiger partial charge in [0.25, 0.3) is 0 Å². The molecule has 1 aromatic rings. The fourth-order valence-corrected chi connectivity index (χ4v) is 1.10. The number of benzene rings is 1. The first-order valence-electron chi connectivity index (χ1n) is 4.17. The van der Waals surface area contributed by atoms with Crippen molar-refractivity contribution in [3.63, 3.8) is 0 Å². The van der Waals surface area contributed by atoms with Crippen LogP contribution >= 0.6 is 0 Å². The zero-order chi connectivity index (χ0) is 10.4. The lowest BCUT2D eigenvalue weighted by Gasteiger charge is -2.07. The molecule has 0 saturated carbocycles. The van der Waals surface area contributed by atoms with Crippen LogP contribution in [-0.2, 0) is 4.74 Å². The summed E-state index contributed by atoms with van der Waals surface area (Å²) in [5.74, 6) is 0.766. The van der Waals surface area contributed by atoms with Crippen LogP contribution in [0.5, 0.6) is 5.75 Å². The molecule has 0 amide bonds. The molecule has 1 N–H and O–H groups in total. The molecule has 0 heterocycles. The normalized spacial score (nSPS) is 10.7. The molecule has 0 aromatic heterocycles. The predicted molar refractivity (Wildman–Crippen MR) is 53.1 cm³/mol. The van der Waals surface area contributed by atoms with E-state index in [1.807, 2.05) is 19.1 Å². The van der Waals surface area contributed by atoms with Crippen molar-refractivity contribution in [1.82, 2.24) is 0 Å². The van der Waals surface area contributed by atoms with Crippen LogP contribution in [-0.4, -0.2) is 25.3 Å². The van der Waals surface area contributed by atoms with E-state index in [9.17, 15) is 0 Å². The van der Waals surface area contributed by atoms with Crippen molar-refractivity contribution < 1.29 is 14.7 Å². The minimum absolute atomic E-state index is 0.230. The van der Waals surface area contributed by atoms with Gasteiger partial charge in [-0.25, -0.2) is 0 Å². The Balaban J connectivity index is 2.79. The van der Waals surface area contributed by atoms with Crippen LogP contribution in [0.3, 0.4) is 0 Å². The van der Waals surface area contributed by atoms with Gasteiger partial charge in [0.05, 0.1) is 6.21 Å². The van der Waals surface area contributed by atoms with Crippen molar-refractivity contribution in [2.24, 2.45) is 5.16 Å². The highest BCUT2D eigenvalue weighted by atomic mass is 16.7. The molecule has 14 heavy (non-hydrogen) atoms.